The zero-order chi connectivity index (χ0) is 12.4. The van der Waals surface area contributed by atoms with Crippen LogP contribution in [0.15, 0.2) is 67.1 Å². The summed E-state index contributed by atoms with van der Waals surface area (Å²) in [6, 6.07) is 12.1. The van der Waals surface area contributed by atoms with Gasteiger partial charge in [0, 0.05) is 11.8 Å². The third-order valence-electron chi connectivity index (χ3n) is 2.97. The van der Waals surface area contributed by atoms with E-state index in [0.29, 0.717) is 0 Å². The molecular formula is C16H13NO. The van der Waals surface area contributed by atoms with Crippen molar-refractivity contribution in [3.05, 3.63) is 72.6 Å². The average Bonchev–Trinajstić information content (AvgIpc) is 2.47. The highest BCUT2D eigenvalue weighted by Crippen LogP contribution is 2.30. The number of rotatable bonds is 2. The Balaban J connectivity index is 1.98. The van der Waals surface area contributed by atoms with Gasteiger partial charge in [-0.3, -0.25) is 4.98 Å². The van der Waals surface area contributed by atoms with Gasteiger partial charge in [0.05, 0.1) is 5.69 Å². The van der Waals surface area contributed by atoms with E-state index in [4.69, 9.17) is 4.74 Å². The summed E-state index contributed by atoms with van der Waals surface area (Å²) in [5, 5.41) is 0. The molecule has 3 rings (SSSR count). The van der Waals surface area contributed by atoms with Crippen LogP contribution in [0, 0.1) is 0 Å². The number of allylic oxidation sites excluding steroid dienone is 2. The van der Waals surface area contributed by atoms with Crippen LogP contribution in [0.4, 0.5) is 0 Å². The van der Waals surface area contributed by atoms with E-state index in [0.717, 1.165) is 29.2 Å². The van der Waals surface area contributed by atoms with Crippen molar-refractivity contribution >= 4 is 0 Å². The number of pyridine rings is 1. The molecule has 0 spiro atoms. The predicted octanol–water partition coefficient (Wildman–Crippen LogP) is 3.75. The van der Waals surface area contributed by atoms with Crippen molar-refractivity contribution < 1.29 is 4.74 Å². The number of ether oxygens (including phenoxy) is 1. The van der Waals surface area contributed by atoms with E-state index in [2.05, 4.69) is 17.6 Å². The lowest BCUT2D eigenvalue weighted by Gasteiger charge is -2.16. The number of benzene rings is 1. The molecule has 1 aromatic carbocycles. The molecule has 0 radical (unpaired) electrons. The molecule has 0 unspecified atom stereocenters. The lowest BCUT2D eigenvalue weighted by atomic mass is 10.0. The number of aromatic nitrogens is 1. The highest BCUT2D eigenvalue weighted by molar-refractivity contribution is 5.62. The highest BCUT2D eigenvalue weighted by Gasteiger charge is 2.11. The van der Waals surface area contributed by atoms with Gasteiger partial charge >= 0.3 is 0 Å². The van der Waals surface area contributed by atoms with Crippen molar-refractivity contribution in [2.45, 2.75) is 6.42 Å². The van der Waals surface area contributed by atoms with Crippen molar-refractivity contribution in [2.24, 2.45) is 0 Å². The van der Waals surface area contributed by atoms with Crippen LogP contribution in [0.3, 0.4) is 0 Å². The van der Waals surface area contributed by atoms with Crippen LogP contribution in [0.2, 0.25) is 0 Å². The predicted molar refractivity (Wildman–Crippen MR) is 72.3 cm³/mol. The normalized spacial score (nSPS) is 13.2. The molecule has 0 bridgehead atoms. The fourth-order valence-corrected chi connectivity index (χ4v) is 2.04. The van der Waals surface area contributed by atoms with Crippen molar-refractivity contribution in [1.82, 2.24) is 4.98 Å². The maximum atomic E-state index is 5.69. The second-order valence-electron chi connectivity index (χ2n) is 4.15. The van der Waals surface area contributed by atoms with E-state index in [9.17, 15) is 0 Å². The summed E-state index contributed by atoms with van der Waals surface area (Å²) in [5.74, 6) is 1.74. The third-order valence-corrected chi connectivity index (χ3v) is 2.97. The van der Waals surface area contributed by atoms with E-state index in [1.165, 1.54) is 5.56 Å². The Labute approximate surface area is 106 Å². The molecule has 1 aliphatic rings. The second-order valence-corrected chi connectivity index (χ2v) is 4.15. The van der Waals surface area contributed by atoms with E-state index < -0.39 is 0 Å². The molecule has 2 heterocycles. The van der Waals surface area contributed by atoms with E-state index in [-0.39, 0.29) is 0 Å². The smallest absolute Gasteiger partial charge is 0.130 e. The molecule has 0 N–H and O–H groups in total. The Kier molecular flexibility index (Phi) is 2.69. The molecule has 1 aromatic heterocycles. The molecule has 0 aliphatic carbocycles. The summed E-state index contributed by atoms with van der Waals surface area (Å²) in [6.45, 7) is 3.72. The first-order valence-corrected chi connectivity index (χ1v) is 5.91. The SMILES string of the molecule is C=CC1=CCc2cc(-c3ccccn3)ccc2O1. The van der Waals surface area contributed by atoms with Crippen LogP contribution in [-0.4, -0.2) is 4.98 Å². The Bertz CT molecular complexity index is 614. The molecule has 0 atom stereocenters. The molecule has 88 valence electrons. The van der Waals surface area contributed by atoms with E-state index in [1.807, 2.05) is 36.4 Å². The fraction of sp³-hybridized carbons (Fsp3) is 0.0625. The second kappa shape index (κ2) is 4.49. The maximum absolute atomic E-state index is 5.69. The number of hydrogen-bond donors (Lipinski definition) is 0. The fourth-order valence-electron chi connectivity index (χ4n) is 2.04. The van der Waals surface area contributed by atoms with Gasteiger partial charge in [-0.15, -0.1) is 0 Å². The number of nitrogens with zero attached hydrogens (tertiary/aromatic N) is 1. The van der Waals surface area contributed by atoms with Gasteiger partial charge in [0.15, 0.2) is 0 Å². The molecule has 0 fully saturated rings. The monoisotopic (exact) mass is 235 g/mol. The molecular weight excluding hydrogens is 222 g/mol. The minimum atomic E-state index is 0.827. The minimum Gasteiger partial charge on any atom is -0.457 e. The lowest BCUT2D eigenvalue weighted by molar-refractivity contribution is 0.428. The topological polar surface area (TPSA) is 22.1 Å². The van der Waals surface area contributed by atoms with Gasteiger partial charge in [-0.25, -0.2) is 0 Å². The van der Waals surface area contributed by atoms with Crippen LogP contribution < -0.4 is 4.74 Å². The van der Waals surface area contributed by atoms with Crippen molar-refractivity contribution in [2.75, 3.05) is 0 Å². The standard InChI is InChI=1S/C16H13NO/c1-2-14-8-6-13-11-12(7-9-16(13)18-14)15-5-3-4-10-17-15/h2-5,7-11H,1,6H2. The summed E-state index contributed by atoms with van der Waals surface area (Å²) >= 11 is 0. The summed E-state index contributed by atoms with van der Waals surface area (Å²) in [7, 11) is 0. The first-order valence-electron chi connectivity index (χ1n) is 5.91. The average molecular weight is 235 g/mol. The molecule has 0 saturated heterocycles. The van der Waals surface area contributed by atoms with Gasteiger partial charge in [0.25, 0.3) is 0 Å². The van der Waals surface area contributed by atoms with Crippen molar-refractivity contribution in [1.29, 1.82) is 0 Å². The molecule has 1 aliphatic heterocycles. The first kappa shape index (κ1) is 10.8. The molecule has 2 heteroatoms. The Hall–Kier alpha value is -2.35. The van der Waals surface area contributed by atoms with E-state index >= 15 is 0 Å². The molecule has 2 nitrogen and oxygen atoms in total. The molecule has 18 heavy (non-hydrogen) atoms. The maximum Gasteiger partial charge on any atom is 0.130 e. The zero-order valence-electron chi connectivity index (χ0n) is 9.97. The van der Waals surface area contributed by atoms with Gasteiger partial charge in [-0.2, -0.15) is 0 Å². The Morgan fingerprint density at radius 1 is 1.22 bits per heavy atom. The summed E-state index contributed by atoms with van der Waals surface area (Å²) in [5.41, 5.74) is 3.29. The molecule has 0 saturated carbocycles. The zero-order valence-corrected chi connectivity index (χ0v) is 9.97. The summed E-state index contributed by atoms with van der Waals surface area (Å²) < 4.78 is 5.69. The minimum absolute atomic E-state index is 0.827. The van der Waals surface area contributed by atoms with Crippen LogP contribution >= 0.6 is 0 Å². The molecule has 0 amide bonds. The number of fused-ring (bicyclic) bond motifs is 1. The van der Waals surface area contributed by atoms with Crippen LogP contribution in [0.5, 0.6) is 5.75 Å². The quantitative estimate of drug-likeness (QED) is 0.790. The van der Waals surface area contributed by atoms with Crippen LogP contribution in [0.25, 0.3) is 11.3 Å². The van der Waals surface area contributed by atoms with Crippen LogP contribution in [0.1, 0.15) is 5.56 Å². The van der Waals surface area contributed by atoms with Gasteiger partial charge in [0.1, 0.15) is 11.5 Å². The molecule has 2 aromatic rings. The van der Waals surface area contributed by atoms with E-state index in [1.54, 1.807) is 12.3 Å². The van der Waals surface area contributed by atoms with Gasteiger partial charge in [-0.05, 0) is 54.5 Å². The van der Waals surface area contributed by atoms with Crippen LogP contribution in [-0.2, 0) is 6.42 Å². The first-order chi connectivity index (χ1) is 8.86. The van der Waals surface area contributed by atoms with Crippen molar-refractivity contribution in [3.8, 4) is 17.0 Å². The Morgan fingerprint density at radius 2 is 2.17 bits per heavy atom. The third kappa shape index (κ3) is 1.93. The van der Waals surface area contributed by atoms with Gasteiger partial charge in [-0.1, -0.05) is 12.6 Å². The summed E-state index contributed by atoms with van der Waals surface area (Å²) in [6.07, 6.45) is 6.45. The van der Waals surface area contributed by atoms with Crippen molar-refractivity contribution in [3.63, 3.8) is 0 Å². The van der Waals surface area contributed by atoms with Gasteiger partial charge < -0.3 is 4.74 Å². The van der Waals surface area contributed by atoms with Gasteiger partial charge in [0.2, 0.25) is 0 Å². The number of hydrogen-bond acceptors (Lipinski definition) is 2. The largest absolute Gasteiger partial charge is 0.457 e. The highest BCUT2D eigenvalue weighted by atomic mass is 16.5. The summed E-state index contributed by atoms with van der Waals surface area (Å²) in [4.78, 5) is 4.36. The Morgan fingerprint density at radius 3 is 2.94 bits per heavy atom. The lowest BCUT2D eigenvalue weighted by Crippen LogP contribution is -2.02.